The lowest BCUT2D eigenvalue weighted by atomic mass is 9.63. The molecule has 8 nitrogen and oxygen atoms in total. The number of nitrogens with one attached hydrogen (secondary N) is 2. The minimum absolute atomic E-state index is 0.193. The second-order valence-electron chi connectivity index (χ2n) is 12.7. The van der Waals surface area contributed by atoms with Crippen molar-refractivity contribution in [1.82, 2.24) is 30.3 Å². The van der Waals surface area contributed by atoms with Crippen LogP contribution in [0.1, 0.15) is 76.2 Å². The first-order valence-electron chi connectivity index (χ1n) is 15.9. The summed E-state index contributed by atoms with van der Waals surface area (Å²) >= 11 is 6.17. The predicted molar refractivity (Wildman–Crippen MR) is 163 cm³/mol. The monoisotopic (exact) mass is 584 g/mol. The topological polar surface area (TPSA) is 84.3 Å². The lowest BCUT2D eigenvalue weighted by Crippen LogP contribution is -2.56. The molecule has 1 amide bonds. The summed E-state index contributed by atoms with van der Waals surface area (Å²) < 4.78 is 7.22. The average Bonchev–Trinajstić information content (AvgIpc) is 3.52. The number of amides is 1. The molecular formula is C32H49ClN6O2. The summed E-state index contributed by atoms with van der Waals surface area (Å²) in [6, 6.07) is 8.64. The smallest absolute Gasteiger partial charge is 0.240 e. The highest BCUT2D eigenvalue weighted by Gasteiger charge is 2.44. The summed E-state index contributed by atoms with van der Waals surface area (Å²) in [5.41, 5.74) is 1.34. The van der Waals surface area contributed by atoms with Crippen LogP contribution < -0.4 is 10.6 Å². The Balaban J connectivity index is 1.24. The quantitative estimate of drug-likeness (QED) is 0.346. The molecule has 3 fully saturated rings. The van der Waals surface area contributed by atoms with Crippen molar-refractivity contribution in [2.24, 2.45) is 11.3 Å². The predicted octanol–water partition coefficient (Wildman–Crippen LogP) is 4.87. The summed E-state index contributed by atoms with van der Waals surface area (Å²) in [4.78, 5) is 20.5. The van der Waals surface area contributed by atoms with Gasteiger partial charge in [-0.3, -0.25) is 9.48 Å². The van der Waals surface area contributed by atoms with Gasteiger partial charge < -0.3 is 20.3 Å². The van der Waals surface area contributed by atoms with E-state index >= 15 is 0 Å². The van der Waals surface area contributed by atoms with Crippen molar-refractivity contribution >= 4 is 17.5 Å². The van der Waals surface area contributed by atoms with E-state index in [2.05, 4.69) is 37.7 Å². The van der Waals surface area contributed by atoms with Crippen LogP contribution in [-0.2, 0) is 22.5 Å². The number of hydrogen-bond donors (Lipinski definition) is 2. The highest BCUT2D eigenvalue weighted by molar-refractivity contribution is 6.30. The van der Waals surface area contributed by atoms with Crippen LogP contribution in [0, 0.1) is 11.3 Å². The Morgan fingerprint density at radius 3 is 2.41 bits per heavy atom. The van der Waals surface area contributed by atoms with Gasteiger partial charge >= 0.3 is 0 Å². The van der Waals surface area contributed by atoms with E-state index in [0.29, 0.717) is 24.4 Å². The van der Waals surface area contributed by atoms with Crippen molar-refractivity contribution in [3.8, 4) is 0 Å². The Hall–Kier alpha value is -2.00. The van der Waals surface area contributed by atoms with E-state index in [1.807, 2.05) is 23.1 Å². The van der Waals surface area contributed by atoms with E-state index in [1.54, 1.807) is 13.4 Å². The van der Waals surface area contributed by atoms with Crippen molar-refractivity contribution in [2.45, 2.75) is 102 Å². The lowest BCUT2D eigenvalue weighted by Gasteiger charge is -2.48. The molecule has 0 spiro atoms. The largest absolute Gasteiger partial charge is 0.383 e. The maximum Gasteiger partial charge on any atom is 0.240 e. The van der Waals surface area contributed by atoms with Crippen LogP contribution in [0.25, 0.3) is 0 Å². The average molecular weight is 585 g/mol. The van der Waals surface area contributed by atoms with Gasteiger partial charge in [-0.25, -0.2) is 4.98 Å². The van der Waals surface area contributed by atoms with Crippen molar-refractivity contribution in [3.05, 3.63) is 47.5 Å². The maximum atomic E-state index is 14.2. The third-order valence-corrected chi connectivity index (χ3v) is 10.3. The van der Waals surface area contributed by atoms with Crippen molar-refractivity contribution in [1.29, 1.82) is 0 Å². The highest BCUT2D eigenvalue weighted by atomic mass is 35.5. The van der Waals surface area contributed by atoms with Crippen LogP contribution in [0.5, 0.6) is 0 Å². The summed E-state index contributed by atoms with van der Waals surface area (Å²) in [7, 11) is 1.75. The molecular weight excluding hydrogens is 536 g/mol. The van der Waals surface area contributed by atoms with E-state index in [-0.39, 0.29) is 17.4 Å². The molecule has 1 aliphatic heterocycles. The van der Waals surface area contributed by atoms with E-state index < -0.39 is 0 Å². The molecule has 0 radical (unpaired) electrons. The Morgan fingerprint density at radius 1 is 1.05 bits per heavy atom. The summed E-state index contributed by atoms with van der Waals surface area (Å²) in [5.74, 6) is 0.951. The number of methoxy groups -OCH3 is 1. The maximum absolute atomic E-state index is 14.2. The Bertz CT molecular complexity index is 1040. The molecule has 41 heavy (non-hydrogen) atoms. The van der Waals surface area contributed by atoms with E-state index in [0.717, 1.165) is 81.9 Å². The summed E-state index contributed by atoms with van der Waals surface area (Å²) in [5, 5.41) is 12.6. The first kappa shape index (κ1) is 30.5. The van der Waals surface area contributed by atoms with Gasteiger partial charge in [-0.2, -0.15) is 5.10 Å². The van der Waals surface area contributed by atoms with Gasteiger partial charge in [0.2, 0.25) is 5.91 Å². The number of halogens is 1. The van der Waals surface area contributed by atoms with Gasteiger partial charge in [0.1, 0.15) is 12.7 Å². The Kier molecular flexibility index (Phi) is 11.1. The molecule has 2 N–H and O–H groups in total. The number of benzene rings is 1. The lowest BCUT2D eigenvalue weighted by molar-refractivity contribution is -0.137. The SMILES string of the molecule is COCCN[C@H]1CC[C@@H](N[C@H](Cc2ccc(Cl)cc2)C(=O)N2CCC(Cn3cncn3)(C3CCCCC3)CC2)CC1. The highest BCUT2D eigenvalue weighted by Crippen LogP contribution is 2.47. The molecule has 3 aliphatic rings. The zero-order chi connectivity index (χ0) is 28.5. The number of likely N-dealkylation sites (tertiary alicyclic amines) is 1. The van der Waals surface area contributed by atoms with Crippen LogP contribution in [0.4, 0.5) is 0 Å². The van der Waals surface area contributed by atoms with Crippen molar-refractivity contribution in [2.75, 3.05) is 33.4 Å². The fourth-order valence-electron chi connectivity index (χ4n) is 7.63. The van der Waals surface area contributed by atoms with Crippen LogP contribution in [0.3, 0.4) is 0 Å². The molecule has 1 atom stereocenters. The van der Waals surface area contributed by atoms with Crippen molar-refractivity contribution in [3.63, 3.8) is 0 Å². The molecule has 5 rings (SSSR count). The molecule has 1 saturated heterocycles. The second kappa shape index (κ2) is 14.9. The zero-order valence-electron chi connectivity index (χ0n) is 24.8. The third-order valence-electron chi connectivity index (χ3n) is 10.0. The normalized spacial score (nSPS) is 24.3. The molecule has 9 heteroatoms. The minimum atomic E-state index is -0.225. The minimum Gasteiger partial charge on any atom is -0.383 e. The van der Waals surface area contributed by atoms with Gasteiger partial charge in [0, 0.05) is 50.4 Å². The zero-order valence-corrected chi connectivity index (χ0v) is 25.5. The standard InChI is InChI=1S/C32H49ClN6O2/c1-41-20-17-35-28-11-13-29(14-12-28)37-30(21-25-7-9-27(33)10-8-25)31(40)38-18-15-32(16-19-38,22-39-24-34-23-36-39)26-5-3-2-4-6-26/h7-10,23-24,26,28-30,35,37H,2-6,11-22H2,1H3/t28-,29+,30-/m1/s1. The van der Waals surface area contributed by atoms with Gasteiger partial charge in [-0.15, -0.1) is 0 Å². The summed E-state index contributed by atoms with van der Waals surface area (Å²) in [6.45, 7) is 4.18. The summed E-state index contributed by atoms with van der Waals surface area (Å²) in [6.07, 6.45) is 17.3. The molecule has 226 valence electrons. The first-order valence-corrected chi connectivity index (χ1v) is 16.3. The fourth-order valence-corrected chi connectivity index (χ4v) is 7.75. The van der Waals surface area contributed by atoms with Gasteiger partial charge in [0.25, 0.3) is 0 Å². The number of hydrogen-bond acceptors (Lipinski definition) is 6. The van der Waals surface area contributed by atoms with Gasteiger partial charge in [0.05, 0.1) is 12.6 Å². The number of nitrogens with zero attached hydrogens (tertiary/aromatic N) is 4. The molecule has 2 aliphatic carbocycles. The number of ether oxygens (including phenoxy) is 1. The number of carbonyl (C=O) groups is 1. The van der Waals surface area contributed by atoms with Crippen molar-refractivity contribution < 1.29 is 9.53 Å². The van der Waals surface area contributed by atoms with E-state index in [4.69, 9.17) is 16.3 Å². The van der Waals surface area contributed by atoms with Gasteiger partial charge in [-0.1, -0.05) is 43.0 Å². The number of carbonyl (C=O) groups excluding carboxylic acids is 1. The molecule has 0 unspecified atom stereocenters. The van der Waals surface area contributed by atoms with E-state index in [9.17, 15) is 4.79 Å². The van der Waals surface area contributed by atoms with Crippen LogP contribution in [-0.4, -0.2) is 77.0 Å². The van der Waals surface area contributed by atoms with Crippen LogP contribution in [0.15, 0.2) is 36.9 Å². The van der Waals surface area contributed by atoms with E-state index in [1.165, 1.54) is 32.1 Å². The number of piperidine rings is 1. The first-order chi connectivity index (χ1) is 20.0. The second-order valence-corrected chi connectivity index (χ2v) is 13.1. The molecule has 2 saturated carbocycles. The number of aromatic nitrogens is 3. The van der Waals surface area contributed by atoms with Gasteiger partial charge in [0.15, 0.2) is 0 Å². The Morgan fingerprint density at radius 2 is 1.76 bits per heavy atom. The Labute approximate surface area is 250 Å². The molecule has 0 bridgehead atoms. The fraction of sp³-hybridized carbons (Fsp3) is 0.719. The molecule has 1 aromatic heterocycles. The number of rotatable bonds is 12. The third kappa shape index (κ3) is 8.31. The molecule has 2 aromatic rings. The van der Waals surface area contributed by atoms with Crippen LogP contribution in [0.2, 0.25) is 5.02 Å². The molecule has 1 aromatic carbocycles. The molecule has 2 heterocycles. The van der Waals surface area contributed by atoms with Crippen LogP contribution >= 0.6 is 11.6 Å². The van der Waals surface area contributed by atoms with Gasteiger partial charge in [-0.05, 0) is 86.8 Å².